The third-order valence-corrected chi connectivity index (χ3v) is 11.3. The van der Waals surface area contributed by atoms with Crippen LogP contribution in [-0.2, 0) is 0 Å². The third-order valence-electron chi connectivity index (χ3n) is 11.3. The van der Waals surface area contributed by atoms with Crippen LogP contribution in [-0.4, -0.2) is 9.13 Å². The Balaban J connectivity index is 1.13. The van der Waals surface area contributed by atoms with Crippen molar-refractivity contribution >= 4 is 43.6 Å². The number of fused-ring (bicyclic) bond motifs is 6. The number of aromatic nitrogens is 2. The van der Waals surface area contributed by atoms with Crippen molar-refractivity contribution in [1.29, 1.82) is 0 Å². The first kappa shape index (κ1) is 32.0. The highest BCUT2D eigenvalue weighted by molar-refractivity contribution is 6.12. The quantitative estimate of drug-likeness (QED) is 0.162. The zero-order chi connectivity index (χ0) is 37.0. The molecule has 0 radical (unpaired) electrons. The first-order valence-electron chi connectivity index (χ1n) is 19.3. The van der Waals surface area contributed by atoms with Gasteiger partial charge < -0.3 is 9.13 Å². The Hall–Kier alpha value is -7.42. The van der Waals surface area contributed by atoms with Crippen molar-refractivity contribution in [2.24, 2.45) is 0 Å². The second-order valence-corrected chi connectivity index (χ2v) is 14.5. The van der Waals surface area contributed by atoms with Gasteiger partial charge in [-0.15, -0.1) is 0 Å². The van der Waals surface area contributed by atoms with Gasteiger partial charge in [0.15, 0.2) is 0 Å². The van der Waals surface area contributed by atoms with Crippen molar-refractivity contribution in [3.63, 3.8) is 0 Å². The van der Waals surface area contributed by atoms with E-state index in [1.54, 1.807) is 0 Å². The molecular formula is C54H36N2. The Morgan fingerprint density at radius 2 is 0.607 bits per heavy atom. The molecule has 2 nitrogen and oxygen atoms in total. The molecule has 11 rings (SSSR count). The maximum Gasteiger partial charge on any atom is 0.0542 e. The molecule has 0 atom stereocenters. The Kier molecular flexibility index (Phi) is 7.53. The number of rotatable bonds is 6. The van der Waals surface area contributed by atoms with Crippen LogP contribution in [0.15, 0.2) is 218 Å². The summed E-state index contributed by atoms with van der Waals surface area (Å²) in [5.41, 5.74) is 16.7. The molecule has 0 unspecified atom stereocenters. The minimum atomic E-state index is 1.13. The lowest BCUT2D eigenvalue weighted by molar-refractivity contribution is 1.17. The van der Waals surface area contributed by atoms with Gasteiger partial charge in [0.1, 0.15) is 0 Å². The van der Waals surface area contributed by atoms with E-state index in [1.807, 2.05) is 0 Å². The molecule has 56 heavy (non-hydrogen) atoms. The van der Waals surface area contributed by atoms with Gasteiger partial charge in [-0.2, -0.15) is 0 Å². The summed E-state index contributed by atoms with van der Waals surface area (Å²) in [5, 5.41) is 5.00. The third kappa shape index (κ3) is 5.26. The SMILES string of the molecule is c1ccc(-c2cccc(-c3ccc(-n4c5ccccc5c5cc(-n6c7ccccc7c7ccccc76)ccc54)cc3-c3cccc(-c4ccccc4)c3)c2)cc1. The van der Waals surface area contributed by atoms with Crippen LogP contribution in [0.5, 0.6) is 0 Å². The van der Waals surface area contributed by atoms with Gasteiger partial charge in [0.2, 0.25) is 0 Å². The van der Waals surface area contributed by atoms with Crippen molar-refractivity contribution in [2.45, 2.75) is 0 Å². The molecule has 2 heteroatoms. The zero-order valence-corrected chi connectivity index (χ0v) is 30.7. The molecule has 262 valence electrons. The van der Waals surface area contributed by atoms with E-state index in [0.717, 1.165) is 11.4 Å². The first-order valence-corrected chi connectivity index (χ1v) is 19.3. The maximum atomic E-state index is 2.44. The summed E-state index contributed by atoms with van der Waals surface area (Å²) < 4.78 is 4.85. The predicted molar refractivity (Wildman–Crippen MR) is 237 cm³/mol. The number of para-hydroxylation sites is 3. The van der Waals surface area contributed by atoms with Crippen LogP contribution in [0.2, 0.25) is 0 Å². The highest BCUT2D eigenvalue weighted by Crippen LogP contribution is 2.41. The number of nitrogens with zero attached hydrogens (tertiary/aromatic N) is 2. The molecule has 0 amide bonds. The van der Waals surface area contributed by atoms with Crippen LogP contribution in [0.1, 0.15) is 0 Å². The van der Waals surface area contributed by atoms with Gasteiger partial charge in [-0.3, -0.25) is 0 Å². The molecule has 0 aliphatic carbocycles. The van der Waals surface area contributed by atoms with Gasteiger partial charge in [0.05, 0.1) is 22.1 Å². The van der Waals surface area contributed by atoms with Gasteiger partial charge in [-0.1, -0.05) is 158 Å². The van der Waals surface area contributed by atoms with Gasteiger partial charge in [0.25, 0.3) is 0 Å². The Bertz CT molecular complexity index is 3180. The van der Waals surface area contributed by atoms with Crippen molar-refractivity contribution in [3.05, 3.63) is 218 Å². The van der Waals surface area contributed by atoms with E-state index < -0.39 is 0 Å². The summed E-state index contributed by atoms with van der Waals surface area (Å²) in [6.45, 7) is 0. The van der Waals surface area contributed by atoms with Crippen molar-refractivity contribution in [2.75, 3.05) is 0 Å². The average molecular weight is 713 g/mol. The summed E-state index contributed by atoms with van der Waals surface area (Å²) >= 11 is 0. The predicted octanol–water partition coefficient (Wildman–Crippen LogP) is 14.5. The Morgan fingerprint density at radius 1 is 0.214 bits per heavy atom. The Labute approximate surface area is 325 Å². The lowest BCUT2D eigenvalue weighted by Gasteiger charge is -2.17. The standard InChI is InChI=1S/C54H36N2/c1-3-15-37(16-4-1)39-19-13-21-41(33-39)45-31-29-43(35-49(45)42-22-14-20-40(34-42)38-17-5-2-6-18-38)56-53-28-12-9-25-48(53)50-36-44(30-32-54(50)56)55-51-26-10-7-23-46(51)47-24-8-11-27-52(47)55/h1-36H. The van der Waals surface area contributed by atoms with E-state index in [-0.39, 0.29) is 0 Å². The van der Waals surface area contributed by atoms with Crippen LogP contribution in [0.25, 0.3) is 99.5 Å². The fourth-order valence-corrected chi connectivity index (χ4v) is 8.73. The van der Waals surface area contributed by atoms with Gasteiger partial charge in [-0.05, 0) is 105 Å². The lowest BCUT2D eigenvalue weighted by Crippen LogP contribution is -1.97. The van der Waals surface area contributed by atoms with E-state index in [4.69, 9.17) is 0 Å². The highest BCUT2D eigenvalue weighted by atomic mass is 15.0. The largest absolute Gasteiger partial charge is 0.309 e. The van der Waals surface area contributed by atoms with Crippen LogP contribution in [0.3, 0.4) is 0 Å². The van der Waals surface area contributed by atoms with Crippen molar-refractivity contribution in [1.82, 2.24) is 9.13 Å². The van der Waals surface area contributed by atoms with Gasteiger partial charge in [-0.25, -0.2) is 0 Å². The summed E-state index contributed by atoms with van der Waals surface area (Å²) in [6, 6.07) is 79.5. The highest BCUT2D eigenvalue weighted by Gasteiger charge is 2.18. The summed E-state index contributed by atoms with van der Waals surface area (Å²) in [7, 11) is 0. The van der Waals surface area contributed by atoms with E-state index in [0.29, 0.717) is 0 Å². The van der Waals surface area contributed by atoms with Crippen molar-refractivity contribution < 1.29 is 0 Å². The number of hydrogen-bond donors (Lipinski definition) is 0. The fraction of sp³-hybridized carbons (Fsp3) is 0. The summed E-state index contributed by atoms with van der Waals surface area (Å²) in [4.78, 5) is 0. The molecule has 0 aliphatic heterocycles. The van der Waals surface area contributed by atoms with E-state index >= 15 is 0 Å². The Morgan fingerprint density at radius 3 is 1.16 bits per heavy atom. The minimum Gasteiger partial charge on any atom is -0.309 e. The summed E-state index contributed by atoms with van der Waals surface area (Å²) in [6.07, 6.45) is 0. The molecule has 0 saturated heterocycles. The van der Waals surface area contributed by atoms with E-state index in [1.165, 1.54) is 88.1 Å². The second kappa shape index (κ2) is 13.2. The van der Waals surface area contributed by atoms with E-state index in [9.17, 15) is 0 Å². The van der Waals surface area contributed by atoms with Crippen LogP contribution >= 0.6 is 0 Å². The monoisotopic (exact) mass is 712 g/mol. The molecule has 0 saturated carbocycles. The molecule has 0 N–H and O–H groups in total. The molecule has 0 aliphatic rings. The normalized spacial score (nSPS) is 11.6. The number of hydrogen-bond acceptors (Lipinski definition) is 0. The molecule has 0 spiro atoms. The fourth-order valence-electron chi connectivity index (χ4n) is 8.73. The number of benzene rings is 9. The van der Waals surface area contributed by atoms with Crippen molar-refractivity contribution in [3.8, 4) is 55.9 Å². The molecule has 0 bridgehead atoms. The molecule has 11 aromatic rings. The first-order chi connectivity index (χ1) is 27.8. The van der Waals surface area contributed by atoms with Crippen LogP contribution in [0.4, 0.5) is 0 Å². The second-order valence-electron chi connectivity index (χ2n) is 14.5. The van der Waals surface area contributed by atoms with Gasteiger partial charge >= 0.3 is 0 Å². The average Bonchev–Trinajstić information content (AvgIpc) is 3.79. The smallest absolute Gasteiger partial charge is 0.0542 e. The van der Waals surface area contributed by atoms with Crippen LogP contribution < -0.4 is 0 Å². The van der Waals surface area contributed by atoms with Gasteiger partial charge in [0, 0.05) is 32.9 Å². The maximum absolute atomic E-state index is 2.44. The molecular weight excluding hydrogens is 677 g/mol. The molecule has 0 fully saturated rings. The summed E-state index contributed by atoms with van der Waals surface area (Å²) in [5.74, 6) is 0. The molecule has 2 heterocycles. The van der Waals surface area contributed by atoms with Crippen LogP contribution in [0, 0.1) is 0 Å². The molecule has 9 aromatic carbocycles. The topological polar surface area (TPSA) is 9.86 Å². The minimum absolute atomic E-state index is 1.13. The molecule has 2 aromatic heterocycles. The van der Waals surface area contributed by atoms with E-state index in [2.05, 4.69) is 228 Å². The zero-order valence-electron chi connectivity index (χ0n) is 30.7. The lowest BCUT2D eigenvalue weighted by atomic mass is 9.91.